The van der Waals surface area contributed by atoms with Gasteiger partial charge in [0.05, 0.1) is 15.8 Å². The molecule has 1 amide bonds. The van der Waals surface area contributed by atoms with Crippen molar-refractivity contribution in [2.45, 2.75) is 24.0 Å². The minimum absolute atomic E-state index is 0.0660. The molecule has 0 saturated heterocycles. The van der Waals surface area contributed by atoms with E-state index >= 15 is 0 Å². The second kappa shape index (κ2) is 11.2. The van der Waals surface area contributed by atoms with Crippen molar-refractivity contribution < 1.29 is 14.7 Å². The van der Waals surface area contributed by atoms with Crippen molar-refractivity contribution in [2.24, 2.45) is 0 Å². The van der Waals surface area contributed by atoms with Crippen molar-refractivity contribution in [3.8, 4) is 0 Å². The van der Waals surface area contributed by atoms with Crippen LogP contribution in [0.5, 0.6) is 0 Å². The van der Waals surface area contributed by atoms with E-state index in [2.05, 4.69) is 16.0 Å². The zero-order valence-corrected chi connectivity index (χ0v) is 20.3. The summed E-state index contributed by atoms with van der Waals surface area (Å²) >= 11 is 12.6. The number of carbonyl (C=O) groups excluding carboxylic acids is 1. The molecule has 4 N–H and O–H groups in total. The van der Waals surface area contributed by atoms with Gasteiger partial charge >= 0.3 is 5.97 Å². The molecule has 0 aliphatic carbocycles. The van der Waals surface area contributed by atoms with Crippen molar-refractivity contribution >= 4 is 69.6 Å². The van der Waals surface area contributed by atoms with E-state index in [1.54, 1.807) is 13.0 Å². The van der Waals surface area contributed by atoms with Crippen LogP contribution in [0.3, 0.4) is 0 Å². The fraction of sp³-hybridized carbons (Fsp3) is 0.125. The van der Waals surface area contributed by atoms with Gasteiger partial charge in [-0.2, -0.15) is 0 Å². The molecular formula is C24H22ClN3O3S2. The molecule has 0 aromatic heterocycles. The molecule has 0 spiro atoms. The normalized spacial score (nSPS) is 11.4. The monoisotopic (exact) mass is 499 g/mol. The number of carboxylic acid groups (broad SMARTS) is 1. The van der Waals surface area contributed by atoms with Crippen molar-refractivity contribution in [3.63, 3.8) is 0 Å². The Morgan fingerprint density at radius 3 is 2.27 bits per heavy atom. The number of thioether (sulfide) groups is 1. The summed E-state index contributed by atoms with van der Waals surface area (Å²) in [6.45, 7) is 3.80. The number of carbonyl (C=O) groups is 2. The number of hydrogen-bond acceptors (Lipinski definition) is 4. The number of benzene rings is 3. The molecule has 0 heterocycles. The third-order valence-corrected chi connectivity index (χ3v) is 6.18. The average molecular weight is 500 g/mol. The van der Waals surface area contributed by atoms with Crippen LogP contribution < -0.4 is 16.0 Å². The zero-order chi connectivity index (χ0) is 24.0. The summed E-state index contributed by atoms with van der Waals surface area (Å²) in [6, 6.07) is 19.8. The van der Waals surface area contributed by atoms with Gasteiger partial charge in [0.15, 0.2) is 5.11 Å². The fourth-order valence-electron chi connectivity index (χ4n) is 2.85. The molecule has 170 valence electrons. The van der Waals surface area contributed by atoms with Gasteiger partial charge in [0.1, 0.15) is 0 Å². The highest BCUT2D eigenvalue weighted by Crippen LogP contribution is 2.27. The number of hydrogen-bond donors (Lipinski definition) is 4. The van der Waals surface area contributed by atoms with E-state index in [0.717, 1.165) is 16.3 Å². The van der Waals surface area contributed by atoms with E-state index in [0.29, 0.717) is 10.8 Å². The van der Waals surface area contributed by atoms with Gasteiger partial charge in [-0.25, -0.2) is 4.79 Å². The van der Waals surface area contributed by atoms with E-state index in [1.807, 2.05) is 55.5 Å². The smallest absolute Gasteiger partial charge is 0.337 e. The number of anilines is 3. The van der Waals surface area contributed by atoms with E-state index in [9.17, 15) is 14.7 Å². The Morgan fingerprint density at radius 2 is 1.58 bits per heavy atom. The maximum atomic E-state index is 12.6. The van der Waals surface area contributed by atoms with Gasteiger partial charge in [-0.05, 0) is 74.6 Å². The first kappa shape index (κ1) is 24.6. The lowest BCUT2D eigenvalue weighted by atomic mass is 10.2. The molecule has 33 heavy (non-hydrogen) atoms. The lowest BCUT2D eigenvalue weighted by molar-refractivity contribution is -0.115. The standard InChI is InChI=1S/C24H22ClN3O3S2/c1-14-6-8-16(9-7-14)27-24(32)28-17-4-3-5-19(12-17)33-15(2)22(29)26-18-10-11-21(25)20(13-18)23(30)31/h3-13,15H,1-2H3,(H,26,29)(H,30,31)(H2,27,28,32). The molecular weight excluding hydrogens is 478 g/mol. The molecule has 0 saturated carbocycles. The summed E-state index contributed by atoms with van der Waals surface area (Å²) in [6.07, 6.45) is 0. The van der Waals surface area contributed by atoms with Gasteiger partial charge in [0.25, 0.3) is 0 Å². The maximum Gasteiger partial charge on any atom is 0.337 e. The molecule has 0 radical (unpaired) electrons. The van der Waals surface area contributed by atoms with Crippen LogP contribution in [0.25, 0.3) is 0 Å². The van der Waals surface area contributed by atoms with Crippen LogP contribution in [0.1, 0.15) is 22.8 Å². The molecule has 3 aromatic carbocycles. The quantitative estimate of drug-likeness (QED) is 0.225. The van der Waals surface area contributed by atoms with Gasteiger partial charge in [0.2, 0.25) is 5.91 Å². The first-order chi connectivity index (χ1) is 15.7. The number of rotatable bonds is 7. The Balaban J connectivity index is 1.59. The van der Waals surface area contributed by atoms with Gasteiger partial charge in [-0.1, -0.05) is 35.4 Å². The molecule has 0 bridgehead atoms. The van der Waals surface area contributed by atoms with Gasteiger partial charge < -0.3 is 21.1 Å². The first-order valence-electron chi connectivity index (χ1n) is 9.96. The minimum Gasteiger partial charge on any atom is -0.478 e. The molecule has 0 fully saturated rings. The number of halogens is 1. The third kappa shape index (κ3) is 7.21. The third-order valence-electron chi connectivity index (χ3n) is 4.55. The highest BCUT2D eigenvalue weighted by atomic mass is 35.5. The molecule has 1 unspecified atom stereocenters. The predicted molar refractivity (Wildman–Crippen MR) is 140 cm³/mol. The predicted octanol–water partition coefficient (Wildman–Crippen LogP) is 6.27. The lowest BCUT2D eigenvalue weighted by Gasteiger charge is -2.14. The Bertz CT molecular complexity index is 1190. The highest BCUT2D eigenvalue weighted by molar-refractivity contribution is 8.00. The second-order valence-electron chi connectivity index (χ2n) is 7.22. The summed E-state index contributed by atoms with van der Waals surface area (Å²) < 4.78 is 0. The summed E-state index contributed by atoms with van der Waals surface area (Å²) in [5.41, 5.74) is 3.16. The van der Waals surface area contributed by atoms with Crippen molar-refractivity contribution in [1.82, 2.24) is 0 Å². The van der Waals surface area contributed by atoms with Gasteiger partial charge in [0, 0.05) is 22.0 Å². The number of aromatic carboxylic acids is 1. The van der Waals surface area contributed by atoms with Crippen molar-refractivity contribution in [3.05, 3.63) is 82.9 Å². The van der Waals surface area contributed by atoms with Crippen LogP contribution in [0.15, 0.2) is 71.6 Å². The molecule has 6 nitrogen and oxygen atoms in total. The summed E-state index contributed by atoms with van der Waals surface area (Å²) in [5, 5.41) is 18.4. The Hall–Kier alpha value is -3.07. The van der Waals surface area contributed by atoms with Crippen LogP contribution in [-0.4, -0.2) is 27.3 Å². The number of nitrogens with one attached hydrogen (secondary N) is 3. The summed E-state index contributed by atoms with van der Waals surface area (Å²) in [5.74, 6) is -1.41. The summed E-state index contributed by atoms with van der Waals surface area (Å²) in [7, 11) is 0. The Kier molecular flexibility index (Phi) is 8.32. The summed E-state index contributed by atoms with van der Waals surface area (Å²) in [4.78, 5) is 24.7. The first-order valence-corrected chi connectivity index (χ1v) is 11.6. The Labute approximate surface area is 206 Å². The largest absolute Gasteiger partial charge is 0.478 e. The molecule has 0 aliphatic rings. The molecule has 9 heteroatoms. The second-order valence-corrected chi connectivity index (χ2v) is 9.45. The van der Waals surface area contributed by atoms with Gasteiger partial charge in [-0.15, -0.1) is 11.8 Å². The minimum atomic E-state index is -1.15. The van der Waals surface area contributed by atoms with Crippen LogP contribution in [0.2, 0.25) is 5.02 Å². The SMILES string of the molecule is Cc1ccc(NC(=S)Nc2cccc(SC(C)C(=O)Nc3ccc(Cl)c(C(=O)O)c3)c2)cc1. The topological polar surface area (TPSA) is 90.5 Å². The maximum absolute atomic E-state index is 12.6. The van der Waals surface area contributed by atoms with Crippen LogP contribution in [0.4, 0.5) is 17.1 Å². The van der Waals surface area contributed by atoms with Crippen LogP contribution in [-0.2, 0) is 4.79 Å². The van der Waals surface area contributed by atoms with E-state index in [-0.39, 0.29) is 16.5 Å². The van der Waals surface area contributed by atoms with Gasteiger partial charge in [-0.3, -0.25) is 4.79 Å². The average Bonchev–Trinajstić information content (AvgIpc) is 2.76. The molecule has 3 aromatic rings. The van der Waals surface area contributed by atoms with Crippen molar-refractivity contribution in [2.75, 3.05) is 16.0 Å². The van der Waals surface area contributed by atoms with Crippen LogP contribution in [0, 0.1) is 6.92 Å². The van der Waals surface area contributed by atoms with E-state index < -0.39 is 11.2 Å². The zero-order valence-electron chi connectivity index (χ0n) is 17.9. The van der Waals surface area contributed by atoms with E-state index in [1.165, 1.54) is 29.5 Å². The fourth-order valence-corrected chi connectivity index (χ4v) is 4.21. The van der Waals surface area contributed by atoms with Crippen LogP contribution >= 0.6 is 35.6 Å². The number of carboxylic acids is 1. The number of aryl methyl sites for hydroxylation is 1. The molecule has 3 rings (SSSR count). The Morgan fingerprint density at radius 1 is 0.939 bits per heavy atom. The number of thiocarbonyl (C=S) groups is 1. The lowest BCUT2D eigenvalue weighted by Crippen LogP contribution is -2.22. The van der Waals surface area contributed by atoms with Crippen molar-refractivity contribution in [1.29, 1.82) is 0 Å². The van der Waals surface area contributed by atoms with E-state index in [4.69, 9.17) is 23.8 Å². The molecule has 1 atom stereocenters. The molecule has 0 aliphatic heterocycles. The highest BCUT2D eigenvalue weighted by Gasteiger charge is 2.17. The number of amides is 1.